The third kappa shape index (κ3) is 1.98. The van der Waals surface area contributed by atoms with Crippen molar-refractivity contribution in [3.63, 3.8) is 0 Å². The quantitative estimate of drug-likeness (QED) is 0.843. The second kappa shape index (κ2) is 4.93. The van der Waals surface area contributed by atoms with Crippen LogP contribution in [0.5, 0.6) is 0 Å². The molecule has 0 radical (unpaired) electrons. The molecule has 2 atom stereocenters. The first kappa shape index (κ1) is 13.7. The minimum atomic E-state index is -0.709. The van der Waals surface area contributed by atoms with E-state index in [1.54, 1.807) is 4.90 Å². The van der Waals surface area contributed by atoms with Gasteiger partial charge in [-0.15, -0.1) is 0 Å². The summed E-state index contributed by atoms with van der Waals surface area (Å²) in [4.78, 5) is 27.9. The van der Waals surface area contributed by atoms with Gasteiger partial charge in [-0.25, -0.2) is 4.79 Å². The predicted molar refractivity (Wildman–Crippen MR) is 74.4 cm³/mol. The van der Waals surface area contributed by atoms with Gasteiger partial charge in [-0.05, 0) is 31.6 Å². The number of likely N-dealkylation sites (tertiary alicyclic amines) is 1. The van der Waals surface area contributed by atoms with E-state index in [0.717, 1.165) is 32.1 Å². The van der Waals surface area contributed by atoms with E-state index in [2.05, 4.69) is 0 Å². The van der Waals surface area contributed by atoms with Gasteiger partial charge >= 0.3 is 12.0 Å². The number of carboxylic acid groups (broad SMARTS) is 1. The standard InChI is InChI=1S/C15H24N2O3/c1-16(12-6-2-3-7-12)14(20)17-9-11-5-4-8-15(11,10-17)13(18)19/h11-12H,2-10H2,1H3,(H,18,19)/t11-,15+/m0/s1. The number of urea groups is 1. The van der Waals surface area contributed by atoms with Crippen molar-refractivity contribution in [2.75, 3.05) is 20.1 Å². The maximum atomic E-state index is 12.6. The molecule has 2 saturated carbocycles. The molecule has 3 fully saturated rings. The Balaban J connectivity index is 1.70. The number of fused-ring (bicyclic) bond motifs is 1. The largest absolute Gasteiger partial charge is 0.481 e. The maximum Gasteiger partial charge on any atom is 0.320 e. The topological polar surface area (TPSA) is 60.9 Å². The molecule has 2 aliphatic carbocycles. The predicted octanol–water partition coefficient (Wildman–Crippen LogP) is 2.17. The Bertz CT molecular complexity index is 419. The molecule has 3 rings (SSSR count). The van der Waals surface area contributed by atoms with E-state index < -0.39 is 11.4 Å². The number of carboxylic acids is 1. The molecule has 0 aromatic rings. The molecule has 0 unspecified atom stereocenters. The Kier molecular flexibility index (Phi) is 3.38. The summed E-state index contributed by atoms with van der Waals surface area (Å²) in [5.41, 5.74) is -0.661. The third-order valence-electron chi connectivity index (χ3n) is 5.74. The summed E-state index contributed by atoms with van der Waals surface area (Å²) >= 11 is 0. The molecule has 112 valence electrons. The molecular formula is C15H24N2O3. The Hall–Kier alpha value is -1.26. The first-order chi connectivity index (χ1) is 9.54. The van der Waals surface area contributed by atoms with E-state index >= 15 is 0 Å². The highest BCUT2D eigenvalue weighted by Gasteiger charge is 2.56. The smallest absolute Gasteiger partial charge is 0.320 e. The third-order valence-corrected chi connectivity index (χ3v) is 5.74. The van der Waals surface area contributed by atoms with Crippen LogP contribution >= 0.6 is 0 Å². The average molecular weight is 280 g/mol. The van der Waals surface area contributed by atoms with Crippen molar-refractivity contribution < 1.29 is 14.7 Å². The number of nitrogens with zero attached hydrogens (tertiary/aromatic N) is 2. The molecule has 1 heterocycles. The summed E-state index contributed by atoms with van der Waals surface area (Å²) in [6.07, 6.45) is 7.23. The molecule has 3 aliphatic rings. The number of hydrogen-bond donors (Lipinski definition) is 1. The summed E-state index contributed by atoms with van der Waals surface area (Å²) < 4.78 is 0. The number of hydrogen-bond acceptors (Lipinski definition) is 2. The van der Waals surface area contributed by atoms with Crippen molar-refractivity contribution in [1.29, 1.82) is 0 Å². The van der Waals surface area contributed by atoms with Crippen LogP contribution in [0.1, 0.15) is 44.9 Å². The average Bonchev–Trinajstić information content (AvgIpc) is 3.11. The minimum absolute atomic E-state index is 0.0342. The normalized spacial score (nSPS) is 33.5. The van der Waals surface area contributed by atoms with Gasteiger partial charge in [0.2, 0.25) is 0 Å². The van der Waals surface area contributed by atoms with Gasteiger partial charge < -0.3 is 14.9 Å². The molecule has 0 aromatic carbocycles. The highest BCUT2D eigenvalue weighted by Crippen LogP contribution is 2.49. The van der Waals surface area contributed by atoms with Gasteiger partial charge in [0.1, 0.15) is 0 Å². The fourth-order valence-corrected chi connectivity index (χ4v) is 4.46. The molecule has 0 bridgehead atoms. The summed E-state index contributed by atoms with van der Waals surface area (Å²) in [7, 11) is 1.87. The molecule has 0 aromatic heterocycles. The van der Waals surface area contributed by atoms with Crippen LogP contribution in [-0.4, -0.2) is 53.1 Å². The first-order valence-corrected chi connectivity index (χ1v) is 7.80. The SMILES string of the molecule is CN(C(=O)N1C[C@@H]2CCC[C@@]2(C(=O)O)C1)C1CCCC1. The van der Waals surface area contributed by atoms with E-state index in [9.17, 15) is 14.7 Å². The Morgan fingerprint density at radius 1 is 1.20 bits per heavy atom. The van der Waals surface area contributed by atoms with E-state index in [1.807, 2.05) is 11.9 Å². The Labute approximate surface area is 119 Å². The van der Waals surface area contributed by atoms with Crippen LogP contribution < -0.4 is 0 Å². The zero-order valence-electron chi connectivity index (χ0n) is 12.2. The fraction of sp³-hybridized carbons (Fsp3) is 0.867. The van der Waals surface area contributed by atoms with Crippen molar-refractivity contribution in [1.82, 2.24) is 9.80 Å². The van der Waals surface area contributed by atoms with Crippen LogP contribution in [-0.2, 0) is 4.79 Å². The molecular weight excluding hydrogens is 256 g/mol. The lowest BCUT2D eigenvalue weighted by molar-refractivity contribution is -0.149. The van der Waals surface area contributed by atoms with Crippen molar-refractivity contribution in [3.8, 4) is 0 Å². The van der Waals surface area contributed by atoms with Crippen molar-refractivity contribution >= 4 is 12.0 Å². The summed E-state index contributed by atoms with van der Waals surface area (Å²) in [5.74, 6) is -0.556. The number of carbonyl (C=O) groups is 2. The zero-order chi connectivity index (χ0) is 14.3. The highest BCUT2D eigenvalue weighted by atomic mass is 16.4. The highest BCUT2D eigenvalue weighted by molar-refractivity contribution is 5.80. The van der Waals surface area contributed by atoms with Gasteiger partial charge in [-0.3, -0.25) is 4.79 Å². The van der Waals surface area contributed by atoms with E-state index in [0.29, 0.717) is 19.1 Å². The van der Waals surface area contributed by atoms with Gasteiger partial charge in [-0.2, -0.15) is 0 Å². The van der Waals surface area contributed by atoms with Crippen LogP contribution in [0.4, 0.5) is 4.79 Å². The molecule has 2 amide bonds. The Morgan fingerprint density at radius 2 is 1.90 bits per heavy atom. The second-order valence-electron chi connectivity index (χ2n) is 6.76. The first-order valence-electron chi connectivity index (χ1n) is 7.80. The molecule has 1 N–H and O–H groups in total. The van der Waals surface area contributed by atoms with Crippen molar-refractivity contribution in [2.24, 2.45) is 11.3 Å². The number of aliphatic carboxylic acids is 1. The number of rotatable bonds is 2. The van der Waals surface area contributed by atoms with Crippen LogP contribution in [0.3, 0.4) is 0 Å². The van der Waals surface area contributed by atoms with Crippen molar-refractivity contribution in [2.45, 2.75) is 51.0 Å². The summed E-state index contributed by atoms with van der Waals surface area (Å²) in [5, 5.41) is 9.57. The van der Waals surface area contributed by atoms with Crippen LogP contribution in [0.15, 0.2) is 0 Å². The monoisotopic (exact) mass is 280 g/mol. The molecule has 20 heavy (non-hydrogen) atoms. The van der Waals surface area contributed by atoms with E-state index in [4.69, 9.17) is 0 Å². The minimum Gasteiger partial charge on any atom is -0.481 e. The van der Waals surface area contributed by atoms with Gasteiger partial charge in [0.05, 0.1) is 5.41 Å². The van der Waals surface area contributed by atoms with Gasteiger partial charge in [0.25, 0.3) is 0 Å². The fourth-order valence-electron chi connectivity index (χ4n) is 4.46. The maximum absolute atomic E-state index is 12.6. The van der Waals surface area contributed by atoms with Gasteiger partial charge in [0, 0.05) is 26.2 Å². The second-order valence-corrected chi connectivity index (χ2v) is 6.76. The lowest BCUT2D eigenvalue weighted by Gasteiger charge is -2.30. The molecule has 5 nitrogen and oxygen atoms in total. The number of carbonyl (C=O) groups excluding carboxylic acids is 1. The van der Waals surface area contributed by atoms with Crippen LogP contribution in [0.2, 0.25) is 0 Å². The Morgan fingerprint density at radius 3 is 2.50 bits per heavy atom. The van der Waals surface area contributed by atoms with E-state index in [1.165, 1.54) is 12.8 Å². The number of amides is 2. The summed E-state index contributed by atoms with van der Waals surface area (Å²) in [6, 6.07) is 0.385. The lowest BCUT2D eigenvalue weighted by Crippen LogP contribution is -2.45. The van der Waals surface area contributed by atoms with Gasteiger partial charge in [0.15, 0.2) is 0 Å². The molecule has 5 heteroatoms. The van der Waals surface area contributed by atoms with Crippen molar-refractivity contribution in [3.05, 3.63) is 0 Å². The zero-order valence-corrected chi connectivity index (χ0v) is 12.2. The van der Waals surface area contributed by atoms with Crippen LogP contribution in [0.25, 0.3) is 0 Å². The van der Waals surface area contributed by atoms with E-state index in [-0.39, 0.29) is 11.9 Å². The summed E-state index contributed by atoms with van der Waals surface area (Å²) in [6.45, 7) is 1.03. The molecule has 0 spiro atoms. The molecule has 1 aliphatic heterocycles. The van der Waals surface area contributed by atoms with Crippen LogP contribution in [0, 0.1) is 11.3 Å². The molecule has 1 saturated heterocycles. The van der Waals surface area contributed by atoms with Gasteiger partial charge in [-0.1, -0.05) is 19.3 Å². The lowest BCUT2D eigenvalue weighted by atomic mass is 9.81.